The third-order valence-electron chi connectivity index (χ3n) is 5.04. The van der Waals surface area contributed by atoms with Crippen LogP contribution in [0.2, 0.25) is 0 Å². The van der Waals surface area contributed by atoms with Crippen LogP contribution in [0.15, 0.2) is 72.8 Å². The number of hydrogen-bond donors (Lipinski definition) is 2. The molecule has 2 unspecified atom stereocenters. The van der Waals surface area contributed by atoms with Gasteiger partial charge in [0.05, 0.1) is 6.04 Å². The lowest BCUT2D eigenvalue weighted by Gasteiger charge is -2.24. The van der Waals surface area contributed by atoms with Crippen LogP contribution in [0.1, 0.15) is 29.8 Å². The number of rotatable bonds is 8. The smallest absolute Gasteiger partial charge is 0.251 e. The van der Waals surface area contributed by atoms with E-state index in [1.54, 1.807) is 6.07 Å². The molecule has 3 rings (SSSR count). The molecule has 0 saturated heterocycles. The first kappa shape index (κ1) is 21.2. The van der Waals surface area contributed by atoms with Gasteiger partial charge in [0.15, 0.2) is 0 Å². The van der Waals surface area contributed by atoms with Crippen LogP contribution in [-0.2, 0) is 16.0 Å². The van der Waals surface area contributed by atoms with Crippen LogP contribution in [0, 0.1) is 5.92 Å². The van der Waals surface area contributed by atoms with Crippen molar-refractivity contribution in [3.63, 3.8) is 0 Å². The molecule has 0 heterocycles. The van der Waals surface area contributed by atoms with E-state index in [1.807, 2.05) is 80.6 Å². The van der Waals surface area contributed by atoms with Crippen molar-refractivity contribution in [1.29, 1.82) is 0 Å². The van der Waals surface area contributed by atoms with Gasteiger partial charge in [0.1, 0.15) is 12.3 Å². The summed E-state index contributed by atoms with van der Waals surface area (Å²) in [6, 6.07) is 21.3. The van der Waals surface area contributed by atoms with E-state index in [-0.39, 0.29) is 17.7 Å². The van der Waals surface area contributed by atoms with Crippen molar-refractivity contribution >= 4 is 28.9 Å². The highest BCUT2D eigenvalue weighted by molar-refractivity contribution is 6.01. The number of benzene rings is 3. The molecule has 30 heavy (non-hydrogen) atoms. The zero-order valence-electron chi connectivity index (χ0n) is 17.2. The largest absolute Gasteiger partial charge is 0.344 e. The van der Waals surface area contributed by atoms with E-state index >= 15 is 0 Å². The second-order valence-corrected chi connectivity index (χ2v) is 7.70. The molecule has 5 heteroatoms. The summed E-state index contributed by atoms with van der Waals surface area (Å²) in [5.41, 5.74) is 1.44. The van der Waals surface area contributed by atoms with E-state index < -0.39 is 12.1 Å². The molecule has 3 aromatic carbocycles. The molecule has 0 saturated carbocycles. The molecule has 2 atom stereocenters. The second-order valence-electron chi connectivity index (χ2n) is 7.70. The molecule has 0 fully saturated rings. The van der Waals surface area contributed by atoms with E-state index in [2.05, 4.69) is 10.6 Å². The standard InChI is InChI=1S/C25H26N2O3/c1-17(2)23(25(30)26-22(16-28)14-18-8-4-3-5-9-18)27-24(29)21-13-12-19-10-6-7-11-20(19)15-21/h3-13,15-17,22-23H,14H2,1-2H3,(H,26,30)(H,27,29). The number of hydrogen-bond acceptors (Lipinski definition) is 3. The van der Waals surface area contributed by atoms with Crippen molar-refractivity contribution in [1.82, 2.24) is 10.6 Å². The van der Waals surface area contributed by atoms with Crippen molar-refractivity contribution in [2.24, 2.45) is 5.92 Å². The Kier molecular flexibility index (Phi) is 6.96. The zero-order chi connectivity index (χ0) is 21.5. The third kappa shape index (κ3) is 5.32. The highest BCUT2D eigenvalue weighted by Crippen LogP contribution is 2.16. The Balaban J connectivity index is 1.69. The van der Waals surface area contributed by atoms with E-state index in [9.17, 15) is 14.4 Å². The minimum atomic E-state index is -0.748. The summed E-state index contributed by atoms with van der Waals surface area (Å²) in [5.74, 6) is -0.828. The van der Waals surface area contributed by atoms with E-state index in [0.717, 1.165) is 22.6 Å². The van der Waals surface area contributed by atoms with Crippen LogP contribution in [0.25, 0.3) is 10.8 Å². The first-order valence-corrected chi connectivity index (χ1v) is 10.1. The van der Waals surface area contributed by atoms with Gasteiger partial charge in [0, 0.05) is 5.56 Å². The fourth-order valence-electron chi connectivity index (χ4n) is 3.36. The summed E-state index contributed by atoms with van der Waals surface area (Å²) >= 11 is 0. The predicted molar refractivity (Wildman–Crippen MR) is 118 cm³/mol. The molecule has 0 aromatic heterocycles. The van der Waals surface area contributed by atoms with Crippen molar-refractivity contribution in [3.05, 3.63) is 83.9 Å². The highest BCUT2D eigenvalue weighted by atomic mass is 16.2. The maximum absolute atomic E-state index is 12.8. The number of carbonyl (C=O) groups is 3. The first-order chi connectivity index (χ1) is 14.5. The van der Waals surface area contributed by atoms with Gasteiger partial charge in [-0.1, -0.05) is 74.5 Å². The molecule has 2 N–H and O–H groups in total. The first-order valence-electron chi connectivity index (χ1n) is 10.1. The highest BCUT2D eigenvalue weighted by Gasteiger charge is 2.26. The fraction of sp³-hybridized carbons (Fsp3) is 0.240. The number of aldehydes is 1. The van der Waals surface area contributed by atoms with Gasteiger partial charge in [-0.25, -0.2) is 0 Å². The normalized spacial score (nSPS) is 12.9. The lowest BCUT2D eigenvalue weighted by molar-refractivity contribution is -0.126. The Hall–Kier alpha value is -3.47. The van der Waals surface area contributed by atoms with Crippen LogP contribution in [0.5, 0.6) is 0 Å². The second kappa shape index (κ2) is 9.83. The van der Waals surface area contributed by atoms with E-state index in [0.29, 0.717) is 12.0 Å². The predicted octanol–water partition coefficient (Wildman–Crippen LogP) is 3.52. The van der Waals surface area contributed by atoms with Crippen LogP contribution < -0.4 is 10.6 Å². The summed E-state index contributed by atoms with van der Waals surface area (Å²) in [4.78, 5) is 37.1. The van der Waals surface area contributed by atoms with Crippen LogP contribution in [0.3, 0.4) is 0 Å². The van der Waals surface area contributed by atoms with Gasteiger partial charge < -0.3 is 15.4 Å². The molecule has 0 radical (unpaired) electrons. The Bertz CT molecular complexity index is 1030. The lowest BCUT2D eigenvalue weighted by Crippen LogP contribution is -2.52. The van der Waals surface area contributed by atoms with Gasteiger partial charge in [-0.05, 0) is 40.8 Å². The molecule has 0 bridgehead atoms. The molecule has 0 aliphatic heterocycles. The number of nitrogens with one attached hydrogen (secondary N) is 2. The van der Waals surface area contributed by atoms with Crippen molar-refractivity contribution in [2.45, 2.75) is 32.4 Å². The fourth-order valence-corrected chi connectivity index (χ4v) is 3.36. The summed E-state index contributed by atoms with van der Waals surface area (Å²) in [5, 5.41) is 7.59. The Morgan fingerprint density at radius 2 is 1.53 bits per heavy atom. The zero-order valence-corrected chi connectivity index (χ0v) is 17.2. The minimum Gasteiger partial charge on any atom is -0.344 e. The monoisotopic (exact) mass is 402 g/mol. The Labute approximate surface area is 176 Å². The number of carbonyl (C=O) groups excluding carboxylic acids is 3. The van der Waals surface area contributed by atoms with Gasteiger partial charge in [-0.15, -0.1) is 0 Å². The maximum Gasteiger partial charge on any atom is 0.251 e. The Morgan fingerprint density at radius 1 is 0.867 bits per heavy atom. The van der Waals surface area contributed by atoms with Crippen LogP contribution in [-0.4, -0.2) is 30.2 Å². The van der Waals surface area contributed by atoms with E-state index in [4.69, 9.17) is 0 Å². The van der Waals surface area contributed by atoms with Gasteiger partial charge in [0.2, 0.25) is 5.91 Å². The van der Waals surface area contributed by atoms with Crippen molar-refractivity contribution in [2.75, 3.05) is 0 Å². The summed E-state index contributed by atoms with van der Waals surface area (Å²) in [6.07, 6.45) is 1.13. The van der Waals surface area contributed by atoms with Gasteiger partial charge in [-0.3, -0.25) is 9.59 Å². The third-order valence-corrected chi connectivity index (χ3v) is 5.04. The minimum absolute atomic E-state index is 0.140. The summed E-state index contributed by atoms with van der Waals surface area (Å²) < 4.78 is 0. The molecule has 0 aliphatic carbocycles. The molecular weight excluding hydrogens is 376 g/mol. The molecule has 0 spiro atoms. The van der Waals surface area contributed by atoms with E-state index in [1.165, 1.54) is 0 Å². The average Bonchev–Trinajstić information content (AvgIpc) is 2.76. The van der Waals surface area contributed by atoms with Gasteiger partial charge in [-0.2, -0.15) is 0 Å². The number of amides is 2. The van der Waals surface area contributed by atoms with Gasteiger partial charge in [0.25, 0.3) is 5.91 Å². The van der Waals surface area contributed by atoms with Gasteiger partial charge >= 0.3 is 0 Å². The molecule has 5 nitrogen and oxygen atoms in total. The molecule has 3 aromatic rings. The molecule has 2 amide bonds. The summed E-state index contributed by atoms with van der Waals surface area (Å²) in [7, 11) is 0. The summed E-state index contributed by atoms with van der Waals surface area (Å²) in [6.45, 7) is 3.72. The quantitative estimate of drug-likeness (QED) is 0.566. The molecular formula is C25H26N2O3. The SMILES string of the molecule is CC(C)C(NC(=O)c1ccc2ccccc2c1)C(=O)NC(C=O)Cc1ccccc1. The molecule has 154 valence electrons. The number of fused-ring (bicyclic) bond motifs is 1. The van der Waals surface area contributed by atoms with Crippen LogP contribution >= 0.6 is 0 Å². The van der Waals surface area contributed by atoms with Crippen molar-refractivity contribution < 1.29 is 14.4 Å². The maximum atomic E-state index is 12.8. The molecule has 0 aliphatic rings. The average molecular weight is 402 g/mol. The lowest BCUT2D eigenvalue weighted by atomic mass is 10.0. The topological polar surface area (TPSA) is 75.3 Å². The van der Waals surface area contributed by atoms with Crippen molar-refractivity contribution in [3.8, 4) is 0 Å². The van der Waals surface area contributed by atoms with Crippen LogP contribution in [0.4, 0.5) is 0 Å². The Morgan fingerprint density at radius 3 is 2.20 bits per heavy atom.